The van der Waals surface area contributed by atoms with Crippen molar-refractivity contribution in [2.75, 3.05) is 26.7 Å². The molecule has 18 heavy (non-hydrogen) atoms. The Kier molecular flexibility index (Phi) is 4.22. The molecule has 0 bridgehead atoms. The van der Waals surface area contributed by atoms with Crippen molar-refractivity contribution in [2.45, 2.75) is 32.2 Å². The van der Waals surface area contributed by atoms with Gasteiger partial charge in [-0.25, -0.2) is 0 Å². The van der Waals surface area contributed by atoms with Gasteiger partial charge in [-0.15, -0.1) is 0 Å². The monoisotopic (exact) mass is 254 g/mol. The molecule has 2 heterocycles. The van der Waals surface area contributed by atoms with E-state index in [2.05, 4.69) is 12.2 Å². The number of hydrogen-bond donors (Lipinski definition) is 1. The summed E-state index contributed by atoms with van der Waals surface area (Å²) in [5, 5.41) is 3.27. The molecule has 0 saturated carbocycles. The van der Waals surface area contributed by atoms with Gasteiger partial charge in [0.05, 0.1) is 19.1 Å². The first-order valence-corrected chi connectivity index (χ1v) is 6.73. The van der Waals surface area contributed by atoms with Crippen LogP contribution in [-0.2, 0) is 14.3 Å². The summed E-state index contributed by atoms with van der Waals surface area (Å²) in [5.41, 5.74) is 0. The fourth-order valence-corrected chi connectivity index (χ4v) is 2.86. The van der Waals surface area contributed by atoms with Gasteiger partial charge < -0.3 is 15.0 Å². The van der Waals surface area contributed by atoms with E-state index < -0.39 is 0 Å². The van der Waals surface area contributed by atoms with E-state index in [9.17, 15) is 9.59 Å². The molecule has 2 aliphatic heterocycles. The van der Waals surface area contributed by atoms with Crippen molar-refractivity contribution in [3.8, 4) is 0 Å². The summed E-state index contributed by atoms with van der Waals surface area (Å²) >= 11 is 0. The molecule has 5 nitrogen and oxygen atoms in total. The third-order valence-electron chi connectivity index (χ3n) is 4.14. The normalized spacial score (nSPS) is 29.3. The van der Waals surface area contributed by atoms with Crippen LogP contribution in [0, 0.1) is 11.8 Å². The van der Waals surface area contributed by atoms with Gasteiger partial charge in [0.2, 0.25) is 5.91 Å². The first-order valence-electron chi connectivity index (χ1n) is 6.73. The van der Waals surface area contributed by atoms with Gasteiger partial charge in [0.25, 0.3) is 0 Å². The lowest BCUT2D eigenvalue weighted by atomic mass is 9.95. The highest BCUT2D eigenvalue weighted by atomic mass is 16.5. The van der Waals surface area contributed by atoms with E-state index in [0.29, 0.717) is 19.0 Å². The van der Waals surface area contributed by atoms with Gasteiger partial charge >= 0.3 is 5.97 Å². The minimum Gasteiger partial charge on any atom is -0.469 e. The summed E-state index contributed by atoms with van der Waals surface area (Å²) in [6.45, 7) is 4.38. The Morgan fingerprint density at radius 3 is 2.39 bits per heavy atom. The smallest absolute Gasteiger partial charge is 0.308 e. The van der Waals surface area contributed by atoms with Crippen molar-refractivity contribution in [3.63, 3.8) is 0 Å². The van der Waals surface area contributed by atoms with Crippen LogP contribution in [0.1, 0.15) is 26.2 Å². The zero-order valence-electron chi connectivity index (χ0n) is 11.1. The van der Waals surface area contributed by atoms with Crippen LogP contribution in [0.4, 0.5) is 0 Å². The van der Waals surface area contributed by atoms with E-state index in [1.807, 2.05) is 4.90 Å². The Morgan fingerprint density at radius 2 is 1.89 bits per heavy atom. The number of esters is 1. The summed E-state index contributed by atoms with van der Waals surface area (Å²) in [4.78, 5) is 25.6. The first kappa shape index (κ1) is 13.3. The average Bonchev–Trinajstić information content (AvgIpc) is 2.83. The van der Waals surface area contributed by atoms with Gasteiger partial charge in [0.1, 0.15) is 0 Å². The SMILES string of the molecule is COC(=O)C1CCN(C(=O)C2NCCC2C)CC1. The van der Waals surface area contributed by atoms with Crippen LogP contribution in [0.2, 0.25) is 0 Å². The fourth-order valence-electron chi connectivity index (χ4n) is 2.86. The van der Waals surface area contributed by atoms with E-state index in [-0.39, 0.29) is 23.8 Å². The zero-order valence-corrected chi connectivity index (χ0v) is 11.1. The molecule has 102 valence electrons. The van der Waals surface area contributed by atoms with Gasteiger partial charge in [0, 0.05) is 13.1 Å². The predicted octanol–water partition coefficient (Wildman–Crippen LogP) is 0.396. The molecule has 2 atom stereocenters. The lowest BCUT2D eigenvalue weighted by Gasteiger charge is -2.33. The number of nitrogens with zero attached hydrogens (tertiary/aromatic N) is 1. The largest absolute Gasteiger partial charge is 0.469 e. The molecule has 0 aromatic heterocycles. The number of rotatable bonds is 2. The lowest BCUT2D eigenvalue weighted by Crippen LogP contribution is -2.49. The summed E-state index contributed by atoms with van der Waals surface area (Å²) in [6, 6.07) is -0.0281. The van der Waals surface area contributed by atoms with Crippen LogP contribution in [0.3, 0.4) is 0 Å². The van der Waals surface area contributed by atoms with Gasteiger partial charge in [-0.3, -0.25) is 9.59 Å². The summed E-state index contributed by atoms with van der Waals surface area (Å²) in [6.07, 6.45) is 2.51. The molecule has 2 unspecified atom stereocenters. The highest BCUT2D eigenvalue weighted by Crippen LogP contribution is 2.22. The maximum Gasteiger partial charge on any atom is 0.308 e. The molecule has 5 heteroatoms. The Hall–Kier alpha value is -1.10. The number of amides is 1. The summed E-state index contributed by atoms with van der Waals surface area (Å²) < 4.78 is 4.75. The minimum absolute atomic E-state index is 0.0281. The van der Waals surface area contributed by atoms with Crippen LogP contribution >= 0.6 is 0 Å². The quantitative estimate of drug-likeness (QED) is 0.725. The van der Waals surface area contributed by atoms with Crippen LogP contribution < -0.4 is 5.32 Å². The van der Waals surface area contributed by atoms with Crippen LogP contribution in [0.25, 0.3) is 0 Å². The minimum atomic E-state index is -0.144. The standard InChI is InChI=1S/C13H22N2O3/c1-9-3-6-14-11(9)12(16)15-7-4-10(5-8-15)13(17)18-2/h9-11,14H,3-8H2,1-2H3. The molecule has 0 aromatic rings. The predicted molar refractivity (Wildman–Crippen MR) is 66.9 cm³/mol. The molecule has 2 rings (SSSR count). The third kappa shape index (κ3) is 2.66. The summed E-state index contributed by atoms with van der Waals surface area (Å²) in [5.74, 6) is 0.432. The van der Waals surface area contributed by atoms with Crippen molar-refractivity contribution in [3.05, 3.63) is 0 Å². The van der Waals surface area contributed by atoms with Crippen molar-refractivity contribution in [1.29, 1.82) is 0 Å². The number of methoxy groups -OCH3 is 1. The van der Waals surface area contributed by atoms with Crippen molar-refractivity contribution >= 4 is 11.9 Å². The van der Waals surface area contributed by atoms with Crippen molar-refractivity contribution in [2.24, 2.45) is 11.8 Å². The second-order valence-electron chi connectivity index (χ2n) is 5.32. The van der Waals surface area contributed by atoms with Crippen molar-refractivity contribution < 1.29 is 14.3 Å². The van der Waals surface area contributed by atoms with E-state index in [1.54, 1.807) is 0 Å². The maximum atomic E-state index is 12.3. The fraction of sp³-hybridized carbons (Fsp3) is 0.846. The van der Waals surface area contributed by atoms with Crippen LogP contribution in [0.15, 0.2) is 0 Å². The maximum absolute atomic E-state index is 12.3. The molecule has 0 radical (unpaired) electrons. The number of nitrogens with one attached hydrogen (secondary N) is 1. The number of carbonyl (C=O) groups excluding carboxylic acids is 2. The van der Waals surface area contributed by atoms with Gasteiger partial charge in [-0.1, -0.05) is 6.92 Å². The molecule has 0 aromatic carbocycles. The van der Waals surface area contributed by atoms with Gasteiger partial charge in [-0.2, -0.15) is 0 Å². The number of carbonyl (C=O) groups is 2. The Balaban J connectivity index is 1.86. The summed E-state index contributed by atoms with van der Waals surface area (Å²) in [7, 11) is 1.42. The highest BCUT2D eigenvalue weighted by molar-refractivity contribution is 5.83. The van der Waals surface area contributed by atoms with E-state index >= 15 is 0 Å². The second-order valence-corrected chi connectivity index (χ2v) is 5.32. The highest BCUT2D eigenvalue weighted by Gasteiger charge is 2.35. The van der Waals surface area contributed by atoms with Crippen molar-refractivity contribution in [1.82, 2.24) is 10.2 Å². The van der Waals surface area contributed by atoms with Crippen LogP contribution in [-0.4, -0.2) is 49.6 Å². The molecule has 2 saturated heterocycles. The Morgan fingerprint density at radius 1 is 1.22 bits per heavy atom. The zero-order chi connectivity index (χ0) is 13.1. The van der Waals surface area contributed by atoms with Crippen LogP contribution in [0.5, 0.6) is 0 Å². The molecule has 2 fully saturated rings. The first-order chi connectivity index (χ1) is 8.63. The van der Waals surface area contributed by atoms with Gasteiger partial charge in [0.15, 0.2) is 0 Å². The number of ether oxygens (including phenoxy) is 1. The molecule has 0 spiro atoms. The second kappa shape index (κ2) is 5.69. The lowest BCUT2D eigenvalue weighted by molar-refractivity contribution is -0.149. The third-order valence-corrected chi connectivity index (χ3v) is 4.14. The van der Waals surface area contributed by atoms with E-state index in [4.69, 9.17) is 4.74 Å². The number of hydrogen-bond acceptors (Lipinski definition) is 4. The Bertz CT molecular complexity index is 324. The van der Waals surface area contributed by atoms with E-state index in [1.165, 1.54) is 7.11 Å². The van der Waals surface area contributed by atoms with Gasteiger partial charge in [-0.05, 0) is 31.7 Å². The number of likely N-dealkylation sites (tertiary alicyclic amines) is 1. The Labute approximate surface area is 108 Å². The molecule has 0 aliphatic carbocycles. The molecular weight excluding hydrogens is 232 g/mol. The van der Waals surface area contributed by atoms with E-state index in [0.717, 1.165) is 25.8 Å². The topological polar surface area (TPSA) is 58.6 Å². The molecular formula is C13H22N2O3. The number of piperidine rings is 1. The molecule has 2 aliphatic rings. The molecule has 1 N–H and O–H groups in total. The average molecular weight is 254 g/mol. The molecule has 1 amide bonds.